The highest BCUT2D eigenvalue weighted by atomic mass is 32.2. The van der Waals surface area contributed by atoms with Crippen molar-refractivity contribution >= 4 is 15.9 Å². The largest absolute Gasteiger partial charge is 0.484 e. The second kappa shape index (κ2) is 9.03. The van der Waals surface area contributed by atoms with Crippen LogP contribution in [0.5, 0.6) is 5.75 Å². The van der Waals surface area contributed by atoms with E-state index >= 15 is 0 Å². The summed E-state index contributed by atoms with van der Waals surface area (Å²) in [6, 6.07) is 5.00. The lowest BCUT2D eigenvalue weighted by atomic mass is 9.95. The normalized spacial score (nSPS) is 19.6. The van der Waals surface area contributed by atoms with E-state index in [0.29, 0.717) is 37.6 Å². The number of aryl methyl sites for hydroxylation is 1. The maximum absolute atomic E-state index is 12.7. The Balaban J connectivity index is 1.58. The first-order valence-electron chi connectivity index (χ1n) is 9.57. The molecule has 1 aliphatic heterocycles. The summed E-state index contributed by atoms with van der Waals surface area (Å²) in [6.45, 7) is 3.27. The second-order valence-corrected chi connectivity index (χ2v) is 9.07. The molecule has 2 aliphatic rings. The fourth-order valence-electron chi connectivity index (χ4n) is 3.54. The molecule has 3 rings (SSSR count). The van der Waals surface area contributed by atoms with Gasteiger partial charge in [-0.25, -0.2) is 8.42 Å². The maximum Gasteiger partial charge on any atom is 0.258 e. The number of sulfonamides is 1. The van der Waals surface area contributed by atoms with Crippen LogP contribution in [0.2, 0.25) is 0 Å². The zero-order valence-corrected chi connectivity index (χ0v) is 16.6. The molecule has 0 bridgehead atoms. The van der Waals surface area contributed by atoms with E-state index in [1.165, 1.54) is 16.8 Å². The molecule has 2 fully saturated rings. The molecule has 1 saturated heterocycles. The Bertz CT molecular complexity index is 753. The van der Waals surface area contributed by atoms with Crippen LogP contribution in [0.3, 0.4) is 0 Å². The number of benzene rings is 1. The summed E-state index contributed by atoms with van der Waals surface area (Å²) in [5.74, 6) is 0.390. The second-order valence-electron chi connectivity index (χ2n) is 7.13. The highest BCUT2D eigenvalue weighted by Crippen LogP contribution is 2.24. The van der Waals surface area contributed by atoms with Gasteiger partial charge in [-0.1, -0.05) is 19.3 Å². The zero-order valence-electron chi connectivity index (χ0n) is 15.8. The lowest BCUT2D eigenvalue weighted by Crippen LogP contribution is -2.40. The van der Waals surface area contributed by atoms with Crippen LogP contribution in [0.1, 0.15) is 37.7 Å². The first-order chi connectivity index (χ1) is 13.0. The molecule has 1 heterocycles. The van der Waals surface area contributed by atoms with Crippen molar-refractivity contribution in [3.8, 4) is 5.75 Å². The van der Waals surface area contributed by atoms with E-state index in [1.54, 1.807) is 19.1 Å². The molecule has 27 heavy (non-hydrogen) atoms. The fraction of sp³-hybridized carbons (Fsp3) is 0.632. The van der Waals surface area contributed by atoms with Gasteiger partial charge in [0.25, 0.3) is 5.91 Å². The van der Waals surface area contributed by atoms with E-state index in [4.69, 9.17) is 9.47 Å². The van der Waals surface area contributed by atoms with Gasteiger partial charge < -0.3 is 14.8 Å². The summed E-state index contributed by atoms with van der Waals surface area (Å²) in [6.07, 6.45) is 5.60. The minimum absolute atomic E-state index is 0.0626. The number of morpholine rings is 1. The average molecular weight is 397 g/mol. The molecular formula is C19H28N2O5S. The molecule has 7 nitrogen and oxygen atoms in total. The van der Waals surface area contributed by atoms with Crippen LogP contribution >= 0.6 is 0 Å². The van der Waals surface area contributed by atoms with Gasteiger partial charge in [-0.15, -0.1) is 0 Å². The van der Waals surface area contributed by atoms with E-state index in [2.05, 4.69) is 5.32 Å². The van der Waals surface area contributed by atoms with Crippen molar-refractivity contribution in [3.05, 3.63) is 23.8 Å². The van der Waals surface area contributed by atoms with Crippen molar-refractivity contribution in [3.63, 3.8) is 0 Å². The van der Waals surface area contributed by atoms with E-state index in [1.807, 2.05) is 0 Å². The standard InChI is InChI=1S/C19H28N2O5S/c1-15-13-17(27(23,24)21-9-11-25-12-10-21)7-8-18(15)26-14-19(22)20-16-5-3-2-4-6-16/h7-8,13,16H,2-6,9-12,14H2,1H3,(H,20,22). The molecule has 150 valence electrons. The summed E-state index contributed by atoms with van der Waals surface area (Å²) in [7, 11) is -3.53. The zero-order chi connectivity index (χ0) is 19.3. The molecule has 0 spiro atoms. The van der Waals surface area contributed by atoms with Crippen molar-refractivity contribution in [1.82, 2.24) is 9.62 Å². The summed E-state index contributed by atoms with van der Waals surface area (Å²) < 4.78 is 37.7. The summed E-state index contributed by atoms with van der Waals surface area (Å²) in [4.78, 5) is 12.3. The van der Waals surface area contributed by atoms with Crippen LogP contribution < -0.4 is 10.1 Å². The molecule has 1 saturated carbocycles. The Hall–Kier alpha value is -1.64. The smallest absolute Gasteiger partial charge is 0.258 e. The minimum Gasteiger partial charge on any atom is -0.484 e. The quantitative estimate of drug-likeness (QED) is 0.793. The predicted molar refractivity (Wildman–Crippen MR) is 101 cm³/mol. The van der Waals surface area contributed by atoms with Crippen LogP contribution in [0.4, 0.5) is 0 Å². The number of carbonyl (C=O) groups excluding carboxylic acids is 1. The minimum atomic E-state index is -3.53. The van der Waals surface area contributed by atoms with Gasteiger partial charge in [0.1, 0.15) is 5.75 Å². The fourth-order valence-corrected chi connectivity index (χ4v) is 5.03. The number of rotatable bonds is 6. The van der Waals surface area contributed by atoms with Crippen molar-refractivity contribution < 1.29 is 22.7 Å². The highest BCUT2D eigenvalue weighted by molar-refractivity contribution is 7.89. The third-order valence-corrected chi connectivity index (χ3v) is 6.98. The van der Waals surface area contributed by atoms with Gasteiger partial charge in [-0.2, -0.15) is 4.31 Å². The summed E-state index contributed by atoms with van der Waals surface area (Å²) in [5, 5.41) is 3.01. The number of nitrogens with one attached hydrogen (secondary N) is 1. The molecule has 1 amide bonds. The maximum atomic E-state index is 12.7. The number of hydrogen-bond acceptors (Lipinski definition) is 5. The van der Waals surface area contributed by atoms with Crippen molar-refractivity contribution in [2.24, 2.45) is 0 Å². The lowest BCUT2D eigenvalue weighted by molar-refractivity contribution is -0.124. The van der Waals surface area contributed by atoms with Gasteiger partial charge in [-0.05, 0) is 43.5 Å². The van der Waals surface area contributed by atoms with Gasteiger partial charge in [0.05, 0.1) is 18.1 Å². The van der Waals surface area contributed by atoms with Gasteiger partial charge in [-0.3, -0.25) is 4.79 Å². The molecule has 0 aromatic heterocycles. The summed E-state index contributed by atoms with van der Waals surface area (Å²) >= 11 is 0. The topological polar surface area (TPSA) is 84.9 Å². The average Bonchev–Trinajstić information content (AvgIpc) is 2.68. The van der Waals surface area contributed by atoms with Crippen LogP contribution in [0.25, 0.3) is 0 Å². The van der Waals surface area contributed by atoms with E-state index in [0.717, 1.165) is 25.7 Å². The molecule has 1 aromatic rings. The van der Waals surface area contributed by atoms with Gasteiger partial charge in [0.15, 0.2) is 6.61 Å². The Morgan fingerprint density at radius 1 is 1.22 bits per heavy atom. The number of amides is 1. The molecule has 0 radical (unpaired) electrons. The first-order valence-corrected chi connectivity index (χ1v) is 11.0. The predicted octanol–water partition coefficient (Wildman–Crippen LogP) is 1.84. The molecular weight excluding hydrogens is 368 g/mol. The Morgan fingerprint density at radius 2 is 1.93 bits per heavy atom. The Kier molecular flexibility index (Phi) is 6.73. The van der Waals surface area contributed by atoms with E-state index < -0.39 is 10.0 Å². The molecule has 0 atom stereocenters. The third-order valence-electron chi connectivity index (χ3n) is 5.08. The highest BCUT2D eigenvalue weighted by Gasteiger charge is 2.26. The van der Waals surface area contributed by atoms with E-state index in [9.17, 15) is 13.2 Å². The molecule has 0 unspecified atom stereocenters. The lowest BCUT2D eigenvalue weighted by Gasteiger charge is -2.26. The van der Waals surface area contributed by atoms with Crippen LogP contribution in [0, 0.1) is 6.92 Å². The molecule has 1 aromatic carbocycles. The van der Waals surface area contributed by atoms with Crippen LogP contribution in [-0.2, 0) is 19.6 Å². The number of carbonyl (C=O) groups is 1. The number of nitrogens with zero attached hydrogens (tertiary/aromatic N) is 1. The van der Waals surface area contributed by atoms with Crippen molar-refractivity contribution in [2.75, 3.05) is 32.9 Å². The molecule has 8 heteroatoms. The van der Waals surface area contributed by atoms with Crippen molar-refractivity contribution in [2.45, 2.75) is 50.0 Å². The Morgan fingerprint density at radius 3 is 2.59 bits per heavy atom. The monoisotopic (exact) mass is 396 g/mol. The van der Waals surface area contributed by atoms with Crippen LogP contribution in [0.15, 0.2) is 23.1 Å². The number of hydrogen-bond donors (Lipinski definition) is 1. The molecule has 1 N–H and O–H groups in total. The van der Waals surface area contributed by atoms with Crippen molar-refractivity contribution in [1.29, 1.82) is 0 Å². The number of ether oxygens (including phenoxy) is 2. The molecule has 1 aliphatic carbocycles. The SMILES string of the molecule is Cc1cc(S(=O)(=O)N2CCOCC2)ccc1OCC(=O)NC1CCCCC1. The van der Waals surface area contributed by atoms with Gasteiger partial charge >= 0.3 is 0 Å². The van der Waals surface area contributed by atoms with Crippen LogP contribution in [-0.4, -0.2) is 57.6 Å². The van der Waals surface area contributed by atoms with Gasteiger partial charge in [0, 0.05) is 19.1 Å². The van der Waals surface area contributed by atoms with Gasteiger partial charge in [0.2, 0.25) is 10.0 Å². The Labute approximate surface area is 161 Å². The third kappa shape index (κ3) is 5.21. The summed E-state index contributed by atoms with van der Waals surface area (Å²) in [5.41, 5.74) is 0.690. The first kappa shape index (κ1) is 20.1. The van der Waals surface area contributed by atoms with E-state index in [-0.39, 0.29) is 23.5 Å².